The van der Waals surface area contributed by atoms with Gasteiger partial charge in [0.2, 0.25) is 0 Å². The number of ether oxygens (including phenoxy) is 2. The standard InChI is InChI=1S/C16H27N3O3S/c1-6-21-13-7-12(19-15(20)22-16(3,4)5)14(13)18-9-11-8-17-10(2)23-11/h8,12-14,18H,6-7,9H2,1-5H3,(H,19,20). The molecule has 0 radical (unpaired) electrons. The first-order valence-electron chi connectivity index (χ1n) is 8.04. The lowest BCUT2D eigenvalue weighted by molar-refractivity contribution is -0.0437. The van der Waals surface area contributed by atoms with Gasteiger partial charge in [0.25, 0.3) is 0 Å². The Hall–Kier alpha value is -1.18. The smallest absolute Gasteiger partial charge is 0.407 e. The second-order valence-corrected chi connectivity index (χ2v) is 8.05. The molecule has 1 aliphatic carbocycles. The van der Waals surface area contributed by atoms with E-state index in [1.165, 1.54) is 4.88 Å². The molecule has 1 saturated carbocycles. The summed E-state index contributed by atoms with van der Waals surface area (Å²) < 4.78 is 11.1. The number of nitrogens with one attached hydrogen (secondary N) is 2. The molecule has 2 rings (SSSR count). The minimum absolute atomic E-state index is 0.0235. The average Bonchev–Trinajstić information content (AvgIpc) is 2.81. The molecule has 0 aromatic carbocycles. The van der Waals surface area contributed by atoms with Crippen LogP contribution in [0.3, 0.4) is 0 Å². The minimum atomic E-state index is -0.490. The molecule has 1 fully saturated rings. The molecule has 3 unspecified atom stereocenters. The lowest BCUT2D eigenvalue weighted by Crippen LogP contribution is -2.66. The molecule has 7 heteroatoms. The SMILES string of the molecule is CCOC1CC(NC(=O)OC(C)(C)C)C1NCc1cnc(C)s1. The van der Waals surface area contributed by atoms with Gasteiger partial charge in [0, 0.05) is 24.2 Å². The first kappa shape index (κ1) is 18.2. The summed E-state index contributed by atoms with van der Waals surface area (Å²) >= 11 is 1.68. The predicted octanol–water partition coefficient (Wildman–Crippen LogP) is 2.61. The molecule has 3 atom stereocenters. The van der Waals surface area contributed by atoms with Crippen molar-refractivity contribution in [3.63, 3.8) is 0 Å². The summed E-state index contributed by atoms with van der Waals surface area (Å²) in [6, 6.07) is 0.111. The van der Waals surface area contributed by atoms with Gasteiger partial charge in [-0.3, -0.25) is 0 Å². The number of hydrogen-bond acceptors (Lipinski definition) is 6. The zero-order chi connectivity index (χ0) is 17.0. The fourth-order valence-corrected chi connectivity index (χ4v) is 3.33. The van der Waals surface area contributed by atoms with E-state index in [1.807, 2.05) is 40.8 Å². The Kier molecular flexibility index (Phi) is 6.00. The van der Waals surface area contributed by atoms with Gasteiger partial charge in [-0.1, -0.05) is 0 Å². The fourth-order valence-electron chi connectivity index (χ4n) is 2.58. The quantitative estimate of drug-likeness (QED) is 0.832. The number of aromatic nitrogens is 1. The molecule has 1 aromatic rings. The Labute approximate surface area is 142 Å². The maximum atomic E-state index is 11.9. The van der Waals surface area contributed by atoms with E-state index in [-0.39, 0.29) is 24.3 Å². The summed E-state index contributed by atoms with van der Waals surface area (Å²) in [6.07, 6.45) is 2.43. The molecule has 6 nitrogen and oxygen atoms in total. The molecule has 0 bridgehead atoms. The Bertz CT molecular complexity index is 527. The molecule has 2 N–H and O–H groups in total. The van der Waals surface area contributed by atoms with Gasteiger partial charge in [-0.05, 0) is 41.0 Å². The number of carbonyl (C=O) groups is 1. The monoisotopic (exact) mass is 341 g/mol. The summed E-state index contributed by atoms with van der Waals surface area (Å²) in [4.78, 5) is 17.4. The van der Waals surface area contributed by atoms with Gasteiger partial charge < -0.3 is 20.1 Å². The van der Waals surface area contributed by atoms with Crippen LogP contribution in [0.1, 0.15) is 44.0 Å². The van der Waals surface area contributed by atoms with Crippen LogP contribution in [0.2, 0.25) is 0 Å². The number of thiazole rings is 1. The van der Waals surface area contributed by atoms with Crippen LogP contribution >= 0.6 is 11.3 Å². The number of alkyl carbamates (subject to hydrolysis) is 1. The lowest BCUT2D eigenvalue weighted by atomic mass is 9.82. The van der Waals surface area contributed by atoms with Gasteiger partial charge in [-0.15, -0.1) is 11.3 Å². The zero-order valence-electron chi connectivity index (χ0n) is 14.5. The van der Waals surface area contributed by atoms with E-state index in [0.717, 1.165) is 18.0 Å². The summed E-state index contributed by atoms with van der Waals surface area (Å²) in [5.74, 6) is 0. The van der Waals surface area contributed by atoms with Gasteiger partial charge in [0.05, 0.1) is 23.2 Å². The Morgan fingerprint density at radius 3 is 2.78 bits per heavy atom. The molecule has 130 valence electrons. The lowest BCUT2D eigenvalue weighted by Gasteiger charge is -2.44. The molecular weight excluding hydrogens is 314 g/mol. The van der Waals surface area contributed by atoms with Crippen molar-refractivity contribution in [1.29, 1.82) is 0 Å². The minimum Gasteiger partial charge on any atom is -0.444 e. The average molecular weight is 341 g/mol. The van der Waals surface area contributed by atoms with Crippen LogP contribution in [0.25, 0.3) is 0 Å². The van der Waals surface area contributed by atoms with Crippen molar-refractivity contribution in [3.8, 4) is 0 Å². The molecule has 1 aromatic heterocycles. The first-order chi connectivity index (χ1) is 10.8. The highest BCUT2D eigenvalue weighted by atomic mass is 32.1. The molecule has 23 heavy (non-hydrogen) atoms. The number of rotatable bonds is 6. The third-order valence-electron chi connectivity index (χ3n) is 3.58. The highest BCUT2D eigenvalue weighted by Gasteiger charge is 2.42. The summed E-state index contributed by atoms with van der Waals surface area (Å²) in [7, 11) is 0. The third kappa shape index (κ3) is 5.44. The maximum Gasteiger partial charge on any atom is 0.407 e. The van der Waals surface area contributed by atoms with E-state index < -0.39 is 5.60 Å². The van der Waals surface area contributed by atoms with Crippen molar-refractivity contribution < 1.29 is 14.3 Å². The molecule has 1 amide bonds. The fraction of sp³-hybridized carbons (Fsp3) is 0.750. The van der Waals surface area contributed by atoms with E-state index >= 15 is 0 Å². The van der Waals surface area contributed by atoms with Gasteiger partial charge >= 0.3 is 6.09 Å². The van der Waals surface area contributed by atoms with Gasteiger partial charge in [-0.25, -0.2) is 9.78 Å². The van der Waals surface area contributed by atoms with Crippen molar-refractivity contribution in [1.82, 2.24) is 15.6 Å². The predicted molar refractivity (Wildman–Crippen MR) is 90.7 cm³/mol. The topological polar surface area (TPSA) is 72.5 Å². The van der Waals surface area contributed by atoms with Crippen LogP contribution in [0.4, 0.5) is 4.79 Å². The van der Waals surface area contributed by atoms with Crippen molar-refractivity contribution >= 4 is 17.4 Å². The second-order valence-electron chi connectivity index (χ2n) is 6.73. The van der Waals surface area contributed by atoms with Crippen molar-refractivity contribution in [3.05, 3.63) is 16.1 Å². The Balaban J connectivity index is 1.87. The molecule has 1 aliphatic rings. The summed E-state index contributed by atoms with van der Waals surface area (Å²) in [5.41, 5.74) is -0.490. The summed E-state index contributed by atoms with van der Waals surface area (Å²) in [5, 5.41) is 7.47. The Morgan fingerprint density at radius 1 is 1.48 bits per heavy atom. The Morgan fingerprint density at radius 2 is 2.22 bits per heavy atom. The van der Waals surface area contributed by atoms with E-state index in [9.17, 15) is 4.79 Å². The van der Waals surface area contributed by atoms with E-state index in [0.29, 0.717) is 6.61 Å². The number of hydrogen-bond donors (Lipinski definition) is 2. The van der Waals surface area contributed by atoms with Gasteiger partial charge in [-0.2, -0.15) is 0 Å². The van der Waals surface area contributed by atoms with Crippen molar-refractivity contribution in [2.45, 2.75) is 71.4 Å². The van der Waals surface area contributed by atoms with Crippen LogP contribution in [0, 0.1) is 6.92 Å². The van der Waals surface area contributed by atoms with Crippen LogP contribution in [0.5, 0.6) is 0 Å². The van der Waals surface area contributed by atoms with E-state index in [1.54, 1.807) is 11.3 Å². The zero-order valence-corrected chi connectivity index (χ0v) is 15.3. The molecule has 0 spiro atoms. The van der Waals surface area contributed by atoms with Gasteiger partial charge in [0.15, 0.2) is 0 Å². The number of aryl methyl sites for hydroxylation is 1. The normalized spacial score (nSPS) is 24.1. The third-order valence-corrected chi connectivity index (χ3v) is 4.50. The van der Waals surface area contributed by atoms with Gasteiger partial charge in [0.1, 0.15) is 5.60 Å². The summed E-state index contributed by atoms with van der Waals surface area (Å²) in [6.45, 7) is 11.0. The van der Waals surface area contributed by atoms with E-state index in [4.69, 9.17) is 9.47 Å². The molecule has 1 heterocycles. The molecule has 0 aliphatic heterocycles. The number of amides is 1. The highest BCUT2D eigenvalue weighted by Crippen LogP contribution is 2.26. The second kappa shape index (κ2) is 7.59. The van der Waals surface area contributed by atoms with Crippen molar-refractivity contribution in [2.24, 2.45) is 0 Å². The van der Waals surface area contributed by atoms with Crippen LogP contribution in [-0.4, -0.2) is 41.5 Å². The van der Waals surface area contributed by atoms with E-state index in [2.05, 4.69) is 15.6 Å². The van der Waals surface area contributed by atoms with Crippen LogP contribution in [0.15, 0.2) is 6.20 Å². The van der Waals surface area contributed by atoms with Crippen molar-refractivity contribution in [2.75, 3.05) is 6.61 Å². The van der Waals surface area contributed by atoms with Crippen LogP contribution < -0.4 is 10.6 Å². The molecular formula is C16H27N3O3S. The number of nitrogens with zero attached hydrogens (tertiary/aromatic N) is 1. The van der Waals surface area contributed by atoms with Crippen LogP contribution in [-0.2, 0) is 16.0 Å². The number of carbonyl (C=O) groups excluding carboxylic acids is 1. The maximum absolute atomic E-state index is 11.9. The first-order valence-corrected chi connectivity index (χ1v) is 8.86. The molecule has 0 saturated heterocycles. The largest absolute Gasteiger partial charge is 0.444 e. The highest BCUT2D eigenvalue weighted by molar-refractivity contribution is 7.11.